The summed E-state index contributed by atoms with van der Waals surface area (Å²) < 4.78 is 18.7. The van der Waals surface area contributed by atoms with Gasteiger partial charge in [0.2, 0.25) is 0 Å². The van der Waals surface area contributed by atoms with Crippen molar-refractivity contribution in [2.45, 2.75) is 30.9 Å². The first-order valence-corrected chi connectivity index (χ1v) is 6.20. The lowest BCUT2D eigenvalue weighted by Gasteiger charge is -2.06. The van der Waals surface area contributed by atoms with Gasteiger partial charge in [0.05, 0.1) is 5.69 Å². The minimum absolute atomic E-state index is 0.181. The standard InChI is InChI=1S/C13H12FNO2S/c1-7-4-12(10(9(3)16)5-11(7)14)18-13-15-8(2)6-17-13/h4-6H,1-3H3. The molecular weight excluding hydrogens is 253 g/mol. The van der Waals surface area contributed by atoms with Crippen LogP contribution in [0.2, 0.25) is 0 Å². The summed E-state index contributed by atoms with van der Waals surface area (Å²) in [5.41, 5.74) is 1.60. The Morgan fingerprint density at radius 3 is 2.67 bits per heavy atom. The number of ketones is 1. The first-order valence-electron chi connectivity index (χ1n) is 5.38. The number of oxazole rings is 1. The highest BCUT2D eigenvalue weighted by Gasteiger charge is 2.14. The van der Waals surface area contributed by atoms with Gasteiger partial charge in [-0.1, -0.05) is 0 Å². The molecular formula is C13H12FNO2S. The fraction of sp³-hybridized carbons (Fsp3) is 0.231. The van der Waals surface area contributed by atoms with Crippen molar-refractivity contribution in [3.8, 4) is 0 Å². The zero-order valence-corrected chi connectivity index (χ0v) is 11.1. The second kappa shape index (κ2) is 4.94. The lowest BCUT2D eigenvalue weighted by atomic mass is 10.1. The number of nitrogens with zero attached hydrogens (tertiary/aromatic N) is 1. The summed E-state index contributed by atoms with van der Waals surface area (Å²) in [5, 5.41) is 0.445. The smallest absolute Gasteiger partial charge is 0.260 e. The van der Waals surface area contributed by atoms with Gasteiger partial charge in [0, 0.05) is 10.5 Å². The highest BCUT2D eigenvalue weighted by molar-refractivity contribution is 7.99. The fourth-order valence-electron chi connectivity index (χ4n) is 1.49. The Kier molecular flexibility index (Phi) is 3.52. The Labute approximate surface area is 108 Å². The molecule has 1 aromatic heterocycles. The Morgan fingerprint density at radius 2 is 2.11 bits per heavy atom. The van der Waals surface area contributed by atoms with Crippen LogP contribution >= 0.6 is 11.8 Å². The molecule has 1 aromatic carbocycles. The highest BCUT2D eigenvalue weighted by Crippen LogP contribution is 2.31. The summed E-state index contributed by atoms with van der Waals surface area (Å²) in [6.45, 7) is 4.88. The van der Waals surface area contributed by atoms with E-state index in [-0.39, 0.29) is 11.6 Å². The van der Waals surface area contributed by atoms with Crippen LogP contribution in [0.15, 0.2) is 32.9 Å². The van der Waals surface area contributed by atoms with Crippen LogP contribution in [-0.4, -0.2) is 10.8 Å². The van der Waals surface area contributed by atoms with Crippen LogP contribution in [0, 0.1) is 19.7 Å². The molecule has 18 heavy (non-hydrogen) atoms. The first kappa shape index (κ1) is 12.8. The van der Waals surface area contributed by atoms with Gasteiger partial charge in [0.1, 0.15) is 12.1 Å². The molecule has 0 aliphatic rings. The van der Waals surface area contributed by atoms with Crippen LogP contribution in [0.5, 0.6) is 0 Å². The van der Waals surface area contributed by atoms with E-state index in [1.165, 1.54) is 31.0 Å². The van der Waals surface area contributed by atoms with Gasteiger partial charge in [-0.25, -0.2) is 9.37 Å². The average molecular weight is 265 g/mol. The maximum atomic E-state index is 13.5. The van der Waals surface area contributed by atoms with Gasteiger partial charge in [-0.2, -0.15) is 0 Å². The quantitative estimate of drug-likeness (QED) is 0.792. The van der Waals surface area contributed by atoms with E-state index in [0.717, 1.165) is 5.69 Å². The molecule has 0 spiro atoms. The van der Waals surface area contributed by atoms with E-state index >= 15 is 0 Å². The number of hydrogen-bond donors (Lipinski definition) is 0. The van der Waals surface area contributed by atoms with Crippen LogP contribution in [-0.2, 0) is 0 Å². The predicted octanol–water partition coefficient (Wildman–Crippen LogP) is 3.78. The van der Waals surface area contributed by atoms with E-state index in [1.54, 1.807) is 13.0 Å². The summed E-state index contributed by atoms with van der Waals surface area (Å²) in [6.07, 6.45) is 1.53. The second-order valence-corrected chi connectivity index (χ2v) is 5.00. The molecule has 0 aliphatic heterocycles. The summed E-state index contributed by atoms with van der Waals surface area (Å²) in [7, 11) is 0. The van der Waals surface area contributed by atoms with Gasteiger partial charge in [-0.3, -0.25) is 4.79 Å². The van der Waals surface area contributed by atoms with Crippen LogP contribution in [0.25, 0.3) is 0 Å². The first-order chi connectivity index (χ1) is 8.47. The van der Waals surface area contributed by atoms with Gasteiger partial charge >= 0.3 is 0 Å². The largest absolute Gasteiger partial charge is 0.439 e. The molecule has 0 fully saturated rings. The summed E-state index contributed by atoms with van der Waals surface area (Å²) in [6, 6.07) is 2.89. The van der Waals surface area contributed by atoms with Crippen molar-refractivity contribution in [2.75, 3.05) is 0 Å². The summed E-state index contributed by atoms with van der Waals surface area (Å²) in [4.78, 5) is 16.3. The number of aromatic nitrogens is 1. The topological polar surface area (TPSA) is 43.1 Å². The minimum Gasteiger partial charge on any atom is -0.439 e. The van der Waals surface area contributed by atoms with Crippen molar-refractivity contribution in [1.82, 2.24) is 4.98 Å². The molecule has 3 nitrogen and oxygen atoms in total. The number of carbonyl (C=O) groups excluding carboxylic acids is 1. The Morgan fingerprint density at radius 1 is 1.39 bits per heavy atom. The number of carbonyl (C=O) groups is 1. The summed E-state index contributed by atoms with van der Waals surface area (Å²) in [5.74, 6) is -0.562. The molecule has 0 N–H and O–H groups in total. The number of benzene rings is 1. The SMILES string of the molecule is CC(=O)c1cc(F)c(C)cc1Sc1nc(C)co1. The van der Waals surface area contributed by atoms with Crippen LogP contribution in [0.1, 0.15) is 28.5 Å². The third-order valence-corrected chi connectivity index (χ3v) is 3.36. The van der Waals surface area contributed by atoms with Crippen LogP contribution < -0.4 is 0 Å². The number of rotatable bonds is 3. The average Bonchev–Trinajstić information content (AvgIpc) is 2.68. The normalized spacial score (nSPS) is 10.7. The highest BCUT2D eigenvalue weighted by atomic mass is 32.2. The molecule has 94 valence electrons. The molecule has 2 aromatic rings. The van der Waals surface area contributed by atoms with Gasteiger partial charge in [0.25, 0.3) is 5.22 Å². The van der Waals surface area contributed by atoms with E-state index in [0.29, 0.717) is 21.2 Å². The van der Waals surface area contributed by atoms with Crippen molar-refractivity contribution in [3.63, 3.8) is 0 Å². The van der Waals surface area contributed by atoms with Gasteiger partial charge in [0.15, 0.2) is 5.78 Å². The molecule has 0 amide bonds. The van der Waals surface area contributed by atoms with Crippen LogP contribution in [0.3, 0.4) is 0 Å². The molecule has 1 heterocycles. The molecule has 0 radical (unpaired) electrons. The Balaban J connectivity index is 2.42. The third kappa shape index (κ3) is 2.61. The molecule has 5 heteroatoms. The zero-order chi connectivity index (χ0) is 13.3. The molecule has 0 unspecified atom stereocenters. The maximum absolute atomic E-state index is 13.5. The molecule has 0 atom stereocenters. The van der Waals surface area contributed by atoms with Crippen molar-refractivity contribution in [2.24, 2.45) is 0 Å². The lowest BCUT2D eigenvalue weighted by molar-refractivity contribution is 0.101. The molecule has 0 aliphatic carbocycles. The van der Waals surface area contributed by atoms with E-state index in [9.17, 15) is 9.18 Å². The number of hydrogen-bond acceptors (Lipinski definition) is 4. The van der Waals surface area contributed by atoms with E-state index in [4.69, 9.17) is 4.42 Å². The minimum atomic E-state index is -0.381. The zero-order valence-electron chi connectivity index (χ0n) is 10.3. The van der Waals surface area contributed by atoms with E-state index in [1.807, 2.05) is 6.92 Å². The predicted molar refractivity (Wildman–Crippen MR) is 66.5 cm³/mol. The van der Waals surface area contributed by atoms with Crippen molar-refractivity contribution in [3.05, 3.63) is 41.0 Å². The van der Waals surface area contributed by atoms with Crippen molar-refractivity contribution >= 4 is 17.5 Å². The number of aryl methyl sites for hydroxylation is 2. The Hall–Kier alpha value is -1.62. The fourth-order valence-corrected chi connectivity index (χ4v) is 2.51. The Bertz CT molecular complexity index is 607. The van der Waals surface area contributed by atoms with Gasteiger partial charge in [-0.15, -0.1) is 0 Å². The second-order valence-electron chi connectivity index (χ2n) is 4.01. The van der Waals surface area contributed by atoms with Crippen molar-refractivity contribution in [1.29, 1.82) is 0 Å². The van der Waals surface area contributed by atoms with Gasteiger partial charge in [-0.05, 0) is 50.2 Å². The summed E-state index contributed by atoms with van der Waals surface area (Å²) >= 11 is 1.22. The third-order valence-electron chi connectivity index (χ3n) is 2.44. The monoisotopic (exact) mass is 265 g/mol. The van der Waals surface area contributed by atoms with Gasteiger partial charge < -0.3 is 4.42 Å². The molecule has 0 saturated heterocycles. The van der Waals surface area contributed by atoms with Crippen molar-refractivity contribution < 1.29 is 13.6 Å². The maximum Gasteiger partial charge on any atom is 0.260 e. The molecule has 2 rings (SSSR count). The lowest BCUT2D eigenvalue weighted by Crippen LogP contribution is -1.98. The molecule has 0 bridgehead atoms. The van der Waals surface area contributed by atoms with E-state index < -0.39 is 0 Å². The van der Waals surface area contributed by atoms with E-state index in [2.05, 4.69) is 4.98 Å². The van der Waals surface area contributed by atoms with Crippen LogP contribution in [0.4, 0.5) is 4.39 Å². The number of Topliss-reactive ketones (excluding diaryl/α,β-unsaturated/α-hetero) is 1. The molecule has 0 saturated carbocycles. The number of halogens is 1.